The highest BCUT2D eigenvalue weighted by molar-refractivity contribution is 7.90. The van der Waals surface area contributed by atoms with E-state index in [2.05, 4.69) is 0 Å². The van der Waals surface area contributed by atoms with Gasteiger partial charge in [0.1, 0.15) is 0 Å². The zero-order chi connectivity index (χ0) is 16.5. The average molecular weight is 347 g/mol. The van der Waals surface area contributed by atoms with Crippen molar-refractivity contribution in [3.8, 4) is 0 Å². The predicted octanol–water partition coefficient (Wildman–Crippen LogP) is 0.0819. The maximum atomic E-state index is 12.8. The van der Waals surface area contributed by atoms with Gasteiger partial charge < -0.3 is 5.73 Å². The maximum absolute atomic E-state index is 12.8. The van der Waals surface area contributed by atoms with Crippen molar-refractivity contribution in [2.45, 2.75) is 35.6 Å². The molecule has 0 spiro atoms. The largest absolute Gasteiger partial charge is 0.329 e. The van der Waals surface area contributed by atoms with Gasteiger partial charge in [0.2, 0.25) is 20.0 Å². The van der Waals surface area contributed by atoms with Crippen molar-refractivity contribution in [3.05, 3.63) is 24.3 Å². The molecule has 1 aromatic carbocycles. The predicted molar refractivity (Wildman–Crippen MR) is 82.9 cm³/mol. The summed E-state index contributed by atoms with van der Waals surface area (Å²) in [6.07, 6.45) is 1.68. The lowest BCUT2D eigenvalue weighted by Gasteiger charge is -2.38. The van der Waals surface area contributed by atoms with E-state index in [4.69, 9.17) is 10.9 Å². The quantitative estimate of drug-likeness (QED) is 0.798. The SMILES string of the molecule is C[C@H]1CCCN(S(=O)(=O)c2cccc(S(N)(=O)=O)c2)[C@@H]1CN. The van der Waals surface area contributed by atoms with Crippen LogP contribution in [0.2, 0.25) is 0 Å². The van der Waals surface area contributed by atoms with Crippen LogP contribution in [0, 0.1) is 5.92 Å². The molecule has 7 nitrogen and oxygen atoms in total. The van der Waals surface area contributed by atoms with E-state index >= 15 is 0 Å². The fourth-order valence-electron chi connectivity index (χ4n) is 2.81. The second kappa shape index (κ2) is 6.25. The van der Waals surface area contributed by atoms with Gasteiger partial charge in [-0.05, 0) is 37.0 Å². The lowest BCUT2D eigenvalue weighted by atomic mass is 9.93. The van der Waals surface area contributed by atoms with E-state index in [1.807, 2.05) is 6.92 Å². The lowest BCUT2D eigenvalue weighted by Crippen LogP contribution is -2.51. The van der Waals surface area contributed by atoms with Crippen molar-refractivity contribution in [3.63, 3.8) is 0 Å². The minimum absolute atomic E-state index is 0.0772. The zero-order valence-corrected chi connectivity index (χ0v) is 14.0. The molecule has 1 heterocycles. The number of nitrogens with zero attached hydrogens (tertiary/aromatic N) is 1. The van der Waals surface area contributed by atoms with Gasteiger partial charge in [0.05, 0.1) is 9.79 Å². The van der Waals surface area contributed by atoms with Gasteiger partial charge >= 0.3 is 0 Å². The van der Waals surface area contributed by atoms with Crippen molar-refractivity contribution in [1.29, 1.82) is 0 Å². The molecular weight excluding hydrogens is 326 g/mol. The number of benzene rings is 1. The first-order valence-corrected chi connectivity index (χ1v) is 10.0. The van der Waals surface area contributed by atoms with E-state index in [-0.39, 0.29) is 28.3 Å². The fourth-order valence-corrected chi connectivity index (χ4v) is 5.26. The van der Waals surface area contributed by atoms with Gasteiger partial charge in [-0.3, -0.25) is 0 Å². The molecule has 1 aliphatic rings. The van der Waals surface area contributed by atoms with Gasteiger partial charge in [0, 0.05) is 19.1 Å². The molecule has 0 unspecified atom stereocenters. The monoisotopic (exact) mass is 347 g/mol. The summed E-state index contributed by atoms with van der Waals surface area (Å²) in [5.74, 6) is 0.162. The van der Waals surface area contributed by atoms with Gasteiger partial charge in [-0.2, -0.15) is 4.31 Å². The van der Waals surface area contributed by atoms with Crippen LogP contribution < -0.4 is 10.9 Å². The number of hydrogen-bond donors (Lipinski definition) is 2. The second-order valence-electron chi connectivity index (χ2n) is 5.56. The van der Waals surface area contributed by atoms with Gasteiger partial charge in [-0.25, -0.2) is 22.0 Å². The molecule has 0 amide bonds. The Morgan fingerprint density at radius 1 is 1.23 bits per heavy atom. The number of rotatable bonds is 4. The highest BCUT2D eigenvalue weighted by Gasteiger charge is 2.36. The van der Waals surface area contributed by atoms with E-state index in [9.17, 15) is 16.8 Å². The van der Waals surface area contributed by atoms with E-state index in [0.717, 1.165) is 18.9 Å². The first kappa shape index (κ1) is 17.4. The number of sulfonamides is 2. The maximum Gasteiger partial charge on any atom is 0.243 e. The minimum Gasteiger partial charge on any atom is -0.329 e. The van der Waals surface area contributed by atoms with Crippen molar-refractivity contribution in [1.82, 2.24) is 4.31 Å². The molecule has 1 aliphatic heterocycles. The van der Waals surface area contributed by atoms with E-state index in [1.54, 1.807) is 0 Å². The highest BCUT2D eigenvalue weighted by atomic mass is 32.2. The van der Waals surface area contributed by atoms with E-state index < -0.39 is 20.0 Å². The Bertz CT molecular complexity index is 746. The molecule has 0 aliphatic carbocycles. The first-order valence-electron chi connectivity index (χ1n) is 7.02. The molecule has 2 atom stereocenters. The topological polar surface area (TPSA) is 124 Å². The summed E-state index contributed by atoms with van der Waals surface area (Å²) in [5, 5.41) is 5.07. The molecule has 22 heavy (non-hydrogen) atoms. The third-order valence-corrected chi connectivity index (χ3v) is 6.88. The standard InChI is InChI=1S/C13H21N3O4S2/c1-10-4-3-7-16(13(10)9-14)22(19,20)12-6-2-5-11(8-12)21(15,17)18/h2,5-6,8,10,13H,3-4,7,9,14H2,1H3,(H2,15,17,18)/t10-,13+/m0/s1. The Balaban J connectivity index is 2.46. The minimum atomic E-state index is -3.95. The average Bonchev–Trinajstić information content (AvgIpc) is 2.46. The van der Waals surface area contributed by atoms with Gasteiger partial charge in [-0.1, -0.05) is 13.0 Å². The first-order chi connectivity index (χ1) is 10.2. The molecule has 1 aromatic rings. The zero-order valence-electron chi connectivity index (χ0n) is 12.3. The molecule has 0 saturated carbocycles. The van der Waals surface area contributed by atoms with Crippen LogP contribution >= 0.6 is 0 Å². The van der Waals surface area contributed by atoms with Crippen LogP contribution in [0.1, 0.15) is 19.8 Å². The molecular formula is C13H21N3O4S2. The van der Waals surface area contributed by atoms with Crippen LogP contribution in [0.5, 0.6) is 0 Å². The summed E-state index contributed by atoms with van der Waals surface area (Å²) in [6.45, 7) is 2.59. The molecule has 1 fully saturated rings. The molecule has 124 valence electrons. The molecule has 0 bridgehead atoms. The molecule has 0 aromatic heterocycles. The molecule has 2 rings (SSSR count). The third kappa shape index (κ3) is 3.33. The summed E-state index contributed by atoms with van der Waals surface area (Å²) in [7, 11) is -7.76. The van der Waals surface area contributed by atoms with Crippen LogP contribution in [0.15, 0.2) is 34.1 Å². The normalized spacial score (nSPS) is 24.3. The van der Waals surface area contributed by atoms with Crippen LogP contribution in [0.4, 0.5) is 0 Å². The van der Waals surface area contributed by atoms with Crippen molar-refractivity contribution in [2.75, 3.05) is 13.1 Å². The molecule has 1 saturated heterocycles. The van der Waals surface area contributed by atoms with E-state index in [0.29, 0.717) is 6.54 Å². The number of primary sulfonamides is 1. The van der Waals surface area contributed by atoms with E-state index in [1.165, 1.54) is 22.5 Å². The summed E-state index contributed by atoms with van der Waals surface area (Å²) in [6, 6.07) is 4.83. The highest BCUT2D eigenvalue weighted by Crippen LogP contribution is 2.29. The number of piperidine rings is 1. The summed E-state index contributed by atoms with van der Waals surface area (Å²) < 4.78 is 49.8. The van der Waals surface area contributed by atoms with Gasteiger partial charge in [-0.15, -0.1) is 0 Å². The smallest absolute Gasteiger partial charge is 0.243 e. The van der Waals surface area contributed by atoms with Crippen LogP contribution in [-0.4, -0.2) is 40.3 Å². The summed E-state index contributed by atoms with van der Waals surface area (Å²) >= 11 is 0. The number of hydrogen-bond acceptors (Lipinski definition) is 5. The third-order valence-electron chi connectivity index (χ3n) is 4.05. The summed E-state index contributed by atoms with van der Waals surface area (Å²) in [4.78, 5) is -0.297. The lowest BCUT2D eigenvalue weighted by molar-refractivity contribution is 0.192. The van der Waals surface area contributed by atoms with Crippen molar-refractivity contribution in [2.24, 2.45) is 16.8 Å². The van der Waals surface area contributed by atoms with Crippen LogP contribution in [0.25, 0.3) is 0 Å². The Kier molecular flexibility index (Phi) is 4.93. The second-order valence-corrected chi connectivity index (χ2v) is 9.01. The Morgan fingerprint density at radius 2 is 1.86 bits per heavy atom. The Morgan fingerprint density at radius 3 is 2.45 bits per heavy atom. The van der Waals surface area contributed by atoms with Crippen LogP contribution in [0.3, 0.4) is 0 Å². The van der Waals surface area contributed by atoms with Gasteiger partial charge in [0.25, 0.3) is 0 Å². The fraction of sp³-hybridized carbons (Fsp3) is 0.538. The molecule has 4 N–H and O–H groups in total. The molecule has 0 radical (unpaired) electrons. The van der Waals surface area contributed by atoms with Crippen molar-refractivity contribution < 1.29 is 16.8 Å². The Labute approximate surface area is 131 Å². The Hall–Kier alpha value is -1.00. The summed E-state index contributed by atoms with van der Waals surface area (Å²) in [5.41, 5.74) is 5.74. The number of nitrogens with two attached hydrogens (primary N) is 2. The van der Waals surface area contributed by atoms with Crippen molar-refractivity contribution >= 4 is 20.0 Å². The van der Waals surface area contributed by atoms with Gasteiger partial charge in [0.15, 0.2) is 0 Å². The van der Waals surface area contributed by atoms with Crippen LogP contribution in [-0.2, 0) is 20.0 Å². The molecule has 9 heteroatoms.